The lowest BCUT2D eigenvalue weighted by molar-refractivity contribution is 0.572. The number of amidine groups is 2. The highest BCUT2D eigenvalue weighted by Crippen LogP contribution is 2.36. The maximum atomic E-state index is 6.68. The number of hydrogen-bond donors (Lipinski definition) is 1. The lowest BCUT2D eigenvalue weighted by Gasteiger charge is -2.25. The molecule has 0 radical (unpaired) electrons. The molecule has 2 aliphatic carbocycles. The first-order valence-electron chi connectivity index (χ1n) is 22.5. The maximum absolute atomic E-state index is 6.68. The van der Waals surface area contributed by atoms with Crippen molar-refractivity contribution in [3.63, 3.8) is 0 Å². The molecule has 66 heavy (non-hydrogen) atoms. The van der Waals surface area contributed by atoms with Crippen LogP contribution in [-0.2, 0) is 0 Å². The molecule has 0 saturated heterocycles. The molecule has 0 spiro atoms. The summed E-state index contributed by atoms with van der Waals surface area (Å²) in [5, 5.41) is 7.96. The molecule has 7 aromatic carbocycles. The zero-order chi connectivity index (χ0) is 43.8. The molecule has 2 aromatic heterocycles. The molecule has 3 aliphatic rings. The standard InChI is InChI=1S/C59H42N6O/c1-2-6-19-39(18-5-1)45-27-13-14-28-47(45)57-61-54(41-21-7-3-8-22-41)60-56(63-57)43-34-32-38(33-35-43)44-36-50(53-49-29-15-16-31-51(49)66-52(53)37-44)59-64-55(42-23-9-4-10-24-42)62-58(65-59)48-30-17-25-40-20-11-12-26-46(40)48/h1,3-14,17-37,57H,2,15-16H2,(H,60,61,63). The molecular weight excluding hydrogens is 809 g/mol. The van der Waals surface area contributed by atoms with Gasteiger partial charge in [0.1, 0.15) is 23.0 Å². The molecule has 7 nitrogen and oxygen atoms in total. The van der Waals surface area contributed by atoms with Gasteiger partial charge in [-0.05, 0) is 70.5 Å². The molecule has 12 rings (SSSR count). The van der Waals surface area contributed by atoms with Gasteiger partial charge in [-0.3, -0.25) is 0 Å². The van der Waals surface area contributed by atoms with E-state index in [1.807, 2.05) is 48.5 Å². The smallest absolute Gasteiger partial charge is 0.164 e. The first-order valence-corrected chi connectivity index (χ1v) is 22.5. The molecule has 0 fully saturated rings. The van der Waals surface area contributed by atoms with Gasteiger partial charge in [0.2, 0.25) is 0 Å². The Kier molecular flexibility index (Phi) is 9.98. The maximum Gasteiger partial charge on any atom is 0.164 e. The zero-order valence-electron chi connectivity index (χ0n) is 36.0. The lowest BCUT2D eigenvalue weighted by atomic mass is 9.96. The van der Waals surface area contributed by atoms with Crippen molar-refractivity contribution in [2.45, 2.75) is 25.4 Å². The predicted octanol–water partition coefficient (Wildman–Crippen LogP) is 12.2. The van der Waals surface area contributed by atoms with E-state index in [0.29, 0.717) is 23.3 Å². The molecule has 0 amide bonds. The Balaban J connectivity index is 0.993. The topological polar surface area (TPSA) is 88.6 Å². The Hall–Kier alpha value is -8.55. The first kappa shape index (κ1) is 39.1. The van der Waals surface area contributed by atoms with Crippen LogP contribution in [0.2, 0.25) is 0 Å². The summed E-state index contributed by atoms with van der Waals surface area (Å²) < 4.78 is 6.68. The van der Waals surface area contributed by atoms with Crippen LogP contribution in [0.4, 0.5) is 0 Å². The molecular formula is C59H42N6O. The lowest BCUT2D eigenvalue weighted by Crippen LogP contribution is -2.34. The van der Waals surface area contributed by atoms with Crippen molar-refractivity contribution in [2.75, 3.05) is 0 Å². The molecule has 0 saturated carbocycles. The van der Waals surface area contributed by atoms with Gasteiger partial charge in [-0.15, -0.1) is 0 Å². The van der Waals surface area contributed by atoms with E-state index in [4.69, 9.17) is 29.4 Å². The highest BCUT2D eigenvalue weighted by atomic mass is 16.3. The summed E-state index contributed by atoms with van der Waals surface area (Å²) in [5.41, 5.74) is 11.7. The van der Waals surface area contributed by atoms with E-state index in [-0.39, 0.29) is 6.17 Å². The van der Waals surface area contributed by atoms with E-state index in [1.165, 1.54) is 0 Å². The Bertz CT molecular complexity index is 3630. The third-order valence-electron chi connectivity index (χ3n) is 12.5. The van der Waals surface area contributed by atoms with Crippen molar-refractivity contribution in [3.05, 3.63) is 227 Å². The van der Waals surface area contributed by atoms with Crippen LogP contribution in [0.15, 0.2) is 209 Å². The zero-order valence-corrected chi connectivity index (χ0v) is 36.0. The fourth-order valence-corrected chi connectivity index (χ4v) is 9.21. The number of benzene rings is 7. The second-order valence-electron chi connectivity index (χ2n) is 16.6. The number of hydrogen-bond acceptors (Lipinski definition) is 7. The van der Waals surface area contributed by atoms with Crippen LogP contribution in [0.1, 0.15) is 47.7 Å². The number of rotatable bonds is 8. The average molecular weight is 851 g/mol. The van der Waals surface area contributed by atoms with Crippen molar-refractivity contribution >= 4 is 51.1 Å². The van der Waals surface area contributed by atoms with Gasteiger partial charge in [-0.2, -0.15) is 0 Å². The van der Waals surface area contributed by atoms with Gasteiger partial charge in [-0.1, -0.05) is 188 Å². The molecule has 1 aliphatic heterocycles. The van der Waals surface area contributed by atoms with E-state index >= 15 is 0 Å². The molecule has 0 bridgehead atoms. The Morgan fingerprint density at radius 1 is 0.545 bits per heavy atom. The Labute approximate surface area is 382 Å². The molecule has 3 heterocycles. The average Bonchev–Trinajstić information content (AvgIpc) is 3.55. The fourth-order valence-electron chi connectivity index (χ4n) is 9.21. The summed E-state index contributed by atoms with van der Waals surface area (Å²) >= 11 is 0. The molecule has 9 aromatic rings. The minimum atomic E-state index is -0.367. The van der Waals surface area contributed by atoms with Gasteiger partial charge < -0.3 is 9.73 Å². The Morgan fingerprint density at radius 3 is 2.11 bits per heavy atom. The van der Waals surface area contributed by atoms with Gasteiger partial charge in [0, 0.05) is 44.0 Å². The molecule has 1 unspecified atom stereocenters. The summed E-state index contributed by atoms with van der Waals surface area (Å²) in [6.07, 6.45) is 17.7. The van der Waals surface area contributed by atoms with Crippen molar-refractivity contribution in [3.8, 4) is 45.3 Å². The van der Waals surface area contributed by atoms with Crippen molar-refractivity contribution in [1.29, 1.82) is 0 Å². The minimum Gasteiger partial charge on any atom is -0.456 e. The second-order valence-corrected chi connectivity index (χ2v) is 16.6. The quantitative estimate of drug-likeness (QED) is 0.164. The first-order chi connectivity index (χ1) is 32.7. The number of nitrogens with one attached hydrogen (secondary N) is 1. The summed E-state index contributed by atoms with van der Waals surface area (Å²) in [4.78, 5) is 26.1. The number of aliphatic imine (C=N–C) groups is 2. The largest absolute Gasteiger partial charge is 0.456 e. The molecule has 7 heteroatoms. The third-order valence-corrected chi connectivity index (χ3v) is 12.5. The normalized spacial score (nSPS) is 15.5. The van der Waals surface area contributed by atoms with Gasteiger partial charge in [0.05, 0.1) is 0 Å². The van der Waals surface area contributed by atoms with Crippen LogP contribution in [0.3, 0.4) is 0 Å². The summed E-state index contributed by atoms with van der Waals surface area (Å²) in [6, 6.07) is 56.4. The van der Waals surface area contributed by atoms with Crippen LogP contribution in [-0.4, -0.2) is 26.6 Å². The van der Waals surface area contributed by atoms with Gasteiger partial charge in [0.15, 0.2) is 23.3 Å². The number of furan rings is 1. The van der Waals surface area contributed by atoms with Crippen LogP contribution >= 0.6 is 0 Å². The van der Waals surface area contributed by atoms with E-state index in [1.54, 1.807) is 0 Å². The van der Waals surface area contributed by atoms with E-state index < -0.39 is 0 Å². The van der Waals surface area contributed by atoms with Crippen molar-refractivity contribution in [2.24, 2.45) is 9.98 Å². The van der Waals surface area contributed by atoms with Crippen molar-refractivity contribution < 1.29 is 4.42 Å². The van der Waals surface area contributed by atoms with E-state index in [0.717, 1.165) is 113 Å². The van der Waals surface area contributed by atoms with Gasteiger partial charge >= 0.3 is 0 Å². The molecule has 1 N–H and O–H groups in total. The number of aromatic nitrogens is 3. The number of allylic oxidation sites excluding steroid dienone is 6. The number of nitrogens with zero attached hydrogens (tertiary/aromatic N) is 5. The van der Waals surface area contributed by atoms with Crippen LogP contribution in [0.25, 0.3) is 84.8 Å². The second kappa shape index (κ2) is 16.9. The van der Waals surface area contributed by atoms with E-state index in [9.17, 15) is 0 Å². The minimum absolute atomic E-state index is 0.367. The number of fused-ring (bicyclic) bond motifs is 4. The highest BCUT2D eigenvalue weighted by Gasteiger charge is 2.25. The third kappa shape index (κ3) is 7.36. The fraction of sp³-hybridized carbons (Fsp3) is 0.0678. The van der Waals surface area contributed by atoms with E-state index in [2.05, 4.69) is 163 Å². The predicted molar refractivity (Wildman–Crippen MR) is 269 cm³/mol. The highest BCUT2D eigenvalue weighted by molar-refractivity contribution is 6.13. The molecule has 314 valence electrons. The summed E-state index contributed by atoms with van der Waals surface area (Å²) in [7, 11) is 0. The van der Waals surface area contributed by atoms with Crippen LogP contribution in [0, 0.1) is 0 Å². The Morgan fingerprint density at radius 2 is 1.24 bits per heavy atom. The van der Waals surface area contributed by atoms with Crippen LogP contribution in [0.5, 0.6) is 0 Å². The monoisotopic (exact) mass is 850 g/mol. The molecule has 1 atom stereocenters. The SMILES string of the molecule is C1=CCC=CC(c2ccccc2C2N=C(c3ccc(-c4cc(-c5nc(-c6ccccc6)nc(-c6cccc7ccccc67)n5)c5c6c(oc5c4)=CCCC=6)cc3)N=C(c3ccccc3)N2)=C1. The summed E-state index contributed by atoms with van der Waals surface area (Å²) in [5.74, 6) is 3.24. The van der Waals surface area contributed by atoms with Crippen LogP contribution < -0.4 is 16.0 Å². The van der Waals surface area contributed by atoms with Gasteiger partial charge in [0.25, 0.3) is 0 Å². The summed E-state index contributed by atoms with van der Waals surface area (Å²) in [6.45, 7) is 0. The van der Waals surface area contributed by atoms with Gasteiger partial charge in [-0.25, -0.2) is 24.9 Å². The van der Waals surface area contributed by atoms with Crippen molar-refractivity contribution in [1.82, 2.24) is 20.3 Å².